The summed E-state index contributed by atoms with van der Waals surface area (Å²) in [6.45, 7) is -2.73. The Hall–Kier alpha value is -3.46. The Morgan fingerprint density at radius 3 is 2.06 bits per heavy atom. The first kappa shape index (κ1) is 28.8. The molecule has 4 amide bonds. The van der Waals surface area contributed by atoms with E-state index >= 15 is 0 Å². The van der Waals surface area contributed by atoms with Gasteiger partial charge in [0, 0.05) is 6.92 Å². The first-order valence-electron chi connectivity index (χ1n) is 10.1. The maximum absolute atomic E-state index is 13.2. The zero-order valence-electron chi connectivity index (χ0n) is 18.6. The summed E-state index contributed by atoms with van der Waals surface area (Å²) in [6.07, 6.45) is -10.9. The normalized spacial score (nSPS) is 17.7. The number of hydrogen-bond acceptors (Lipinski definition) is 4. The van der Waals surface area contributed by atoms with Crippen LogP contribution in [-0.4, -0.2) is 67.6 Å². The van der Waals surface area contributed by atoms with Crippen LogP contribution < -0.4 is 20.4 Å². The van der Waals surface area contributed by atoms with E-state index in [-0.39, 0.29) is 16.3 Å². The summed E-state index contributed by atoms with van der Waals surface area (Å²) in [6, 6.07) is 3.32. The molecule has 2 rings (SSSR count). The minimum absolute atomic E-state index is 0.0699. The van der Waals surface area contributed by atoms with Crippen LogP contribution in [0.2, 0.25) is 0 Å². The summed E-state index contributed by atoms with van der Waals surface area (Å²) < 4.78 is 103. The number of fused-ring (bicyclic) bond motifs is 1. The lowest BCUT2D eigenvalue weighted by molar-refractivity contribution is -0.278. The molecule has 0 saturated carbocycles. The van der Waals surface area contributed by atoms with Gasteiger partial charge in [0.25, 0.3) is 5.91 Å². The van der Waals surface area contributed by atoms with Gasteiger partial charge in [0.05, 0.1) is 24.5 Å². The summed E-state index contributed by atoms with van der Waals surface area (Å²) >= 11 is 0. The van der Waals surface area contributed by atoms with Crippen LogP contribution in [0, 0.1) is 5.92 Å². The molecule has 0 saturated heterocycles. The number of hydrogen-bond donors (Lipinski definition) is 2. The minimum Gasteiger partial charge on any atom is -0.349 e. The second-order valence-corrected chi connectivity index (χ2v) is 7.86. The number of halogens is 8. The van der Waals surface area contributed by atoms with E-state index in [1.807, 2.05) is 5.32 Å². The van der Waals surface area contributed by atoms with E-state index in [0.717, 1.165) is 24.8 Å². The molecule has 1 aliphatic rings. The smallest absolute Gasteiger partial charge is 0.349 e. The highest BCUT2D eigenvalue weighted by Crippen LogP contribution is 2.36. The monoisotopic (exact) mass is 532 g/mol. The van der Waals surface area contributed by atoms with Crippen molar-refractivity contribution in [3.05, 3.63) is 24.3 Å². The SMILES string of the molecule is CC(=O)N1C[C@H](NC(=O)C(C)C(=O)NCC(F)(F)C(F)(F)F)C(=O)N(CC(F)(F)F)c2ccccc21. The van der Waals surface area contributed by atoms with Crippen molar-refractivity contribution < 1.29 is 54.3 Å². The third-order valence-corrected chi connectivity index (χ3v) is 5.11. The molecule has 1 aromatic carbocycles. The summed E-state index contributed by atoms with van der Waals surface area (Å²) in [5.74, 6) is -12.1. The molecule has 2 atom stereocenters. The highest BCUT2D eigenvalue weighted by molar-refractivity contribution is 6.09. The van der Waals surface area contributed by atoms with Gasteiger partial charge in [-0.15, -0.1) is 0 Å². The molecule has 1 unspecified atom stereocenters. The summed E-state index contributed by atoms with van der Waals surface area (Å²) in [4.78, 5) is 50.9. The first-order chi connectivity index (χ1) is 16.4. The fraction of sp³-hybridized carbons (Fsp3) is 0.500. The zero-order chi connectivity index (χ0) is 27.6. The molecule has 2 N–H and O–H groups in total. The van der Waals surface area contributed by atoms with Crippen molar-refractivity contribution in [2.24, 2.45) is 5.92 Å². The average molecular weight is 532 g/mol. The van der Waals surface area contributed by atoms with Crippen molar-refractivity contribution in [1.82, 2.24) is 10.6 Å². The van der Waals surface area contributed by atoms with Crippen molar-refractivity contribution in [1.29, 1.82) is 0 Å². The Bertz CT molecular complexity index is 1030. The first-order valence-corrected chi connectivity index (χ1v) is 10.1. The second-order valence-electron chi connectivity index (χ2n) is 7.86. The van der Waals surface area contributed by atoms with Gasteiger partial charge < -0.3 is 15.5 Å². The number of carbonyl (C=O) groups is 4. The maximum Gasteiger partial charge on any atom is 0.455 e. The second kappa shape index (κ2) is 10.3. The van der Waals surface area contributed by atoms with Crippen molar-refractivity contribution in [2.75, 3.05) is 29.4 Å². The molecule has 16 heteroatoms. The Labute approximate surface area is 198 Å². The van der Waals surface area contributed by atoms with Crippen molar-refractivity contribution in [2.45, 2.75) is 38.2 Å². The molecule has 0 bridgehead atoms. The summed E-state index contributed by atoms with van der Waals surface area (Å²) in [7, 11) is 0. The van der Waals surface area contributed by atoms with Crippen LogP contribution in [0.25, 0.3) is 0 Å². The van der Waals surface area contributed by atoms with Crippen LogP contribution >= 0.6 is 0 Å². The van der Waals surface area contributed by atoms with Gasteiger partial charge in [-0.2, -0.15) is 35.1 Å². The predicted octanol–water partition coefficient (Wildman–Crippen LogP) is 2.38. The van der Waals surface area contributed by atoms with Gasteiger partial charge in [0.15, 0.2) is 0 Å². The zero-order valence-corrected chi connectivity index (χ0v) is 18.6. The van der Waals surface area contributed by atoms with Crippen LogP contribution in [0.3, 0.4) is 0 Å². The fourth-order valence-electron chi connectivity index (χ4n) is 3.20. The summed E-state index contributed by atoms with van der Waals surface area (Å²) in [5.41, 5.74) is -0.355. The number of rotatable bonds is 6. The Morgan fingerprint density at radius 1 is 1.00 bits per heavy atom. The van der Waals surface area contributed by atoms with Crippen LogP contribution in [0.5, 0.6) is 0 Å². The summed E-state index contributed by atoms with van der Waals surface area (Å²) in [5, 5.41) is 3.26. The van der Waals surface area contributed by atoms with Gasteiger partial charge in [0.1, 0.15) is 18.5 Å². The maximum atomic E-state index is 13.2. The van der Waals surface area contributed by atoms with E-state index in [9.17, 15) is 54.3 Å². The number of para-hydroxylation sites is 2. The molecule has 1 aromatic rings. The molecule has 200 valence electrons. The van der Waals surface area contributed by atoms with Gasteiger partial charge in [0.2, 0.25) is 17.7 Å². The van der Waals surface area contributed by atoms with Gasteiger partial charge >= 0.3 is 18.3 Å². The molecular weight excluding hydrogens is 512 g/mol. The highest BCUT2D eigenvalue weighted by atomic mass is 19.4. The Morgan fingerprint density at radius 2 is 1.56 bits per heavy atom. The van der Waals surface area contributed by atoms with Gasteiger partial charge in [-0.1, -0.05) is 12.1 Å². The van der Waals surface area contributed by atoms with E-state index in [1.165, 1.54) is 23.5 Å². The molecule has 0 aromatic heterocycles. The molecular formula is C20H20F8N4O4. The standard InChI is InChI=1S/C20H20F8N4O4/c1-10(15(34)29-8-18(21,22)20(26,27)28)16(35)30-12-7-31(11(2)33)13-5-3-4-6-14(13)32(17(12)36)9-19(23,24)25/h3-6,10,12H,7-9H2,1-2H3,(H,29,34)(H,30,35)/t10?,12-/m0/s1. The Kier molecular flexibility index (Phi) is 8.20. The van der Waals surface area contributed by atoms with Crippen molar-refractivity contribution in [3.63, 3.8) is 0 Å². The number of anilines is 2. The number of carbonyl (C=O) groups excluding carboxylic acids is 4. The molecule has 0 radical (unpaired) electrons. The highest BCUT2D eigenvalue weighted by Gasteiger charge is 2.57. The lowest BCUT2D eigenvalue weighted by atomic mass is 10.1. The molecule has 0 spiro atoms. The van der Waals surface area contributed by atoms with E-state index in [4.69, 9.17) is 0 Å². The fourth-order valence-corrected chi connectivity index (χ4v) is 3.20. The van der Waals surface area contributed by atoms with Gasteiger partial charge in [-0.25, -0.2) is 0 Å². The van der Waals surface area contributed by atoms with Crippen LogP contribution in [0.15, 0.2) is 24.3 Å². The lowest BCUT2D eigenvalue weighted by Gasteiger charge is -2.27. The molecule has 0 fully saturated rings. The number of benzene rings is 1. The van der Waals surface area contributed by atoms with Crippen LogP contribution in [-0.2, 0) is 19.2 Å². The largest absolute Gasteiger partial charge is 0.455 e. The lowest BCUT2D eigenvalue weighted by Crippen LogP contribution is -2.56. The Balaban J connectivity index is 2.28. The number of alkyl halides is 8. The van der Waals surface area contributed by atoms with Gasteiger partial charge in [-0.3, -0.25) is 24.1 Å². The molecule has 36 heavy (non-hydrogen) atoms. The van der Waals surface area contributed by atoms with Gasteiger partial charge in [-0.05, 0) is 19.1 Å². The quantitative estimate of drug-likeness (QED) is 0.434. The van der Waals surface area contributed by atoms with Crippen LogP contribution in [0.4, 0.5) is 46.5 Å². The van der Waals surface area contributed by atoms with E-state index in [1.54, 1.807) is 0 Å². The molecule has 1 heterocycles. The van der Waals surface area contributed by atoms with Crippen LogP contribution in [0.1, 0.15) is 13.8 Å². The third-order valence-electron chi connectivity index (χ3n) is 5.11. The van der Waals surface area contributed by atoms with E-state index in [0.29, 0.717) is 0 Å². The minimum atomic E-state index is -5.97. The number of nitrogens with one attached hydrogen (secondary N) is 2. The number of nitrogens with zero attached hydrogens (tertiary/aromatic N) is 2. The topological polar surface area (TPSA) is 98.8 Å². The number of amides is 4. The van der Waals surface area contributed by atoms with Crippen molar-refractivity contribution >= 4 is 35.0 Å². The average Bonchev–Trinajstić information content (AvgIpc) is 2.86. The molecule has 8 nitrogen and oxygen atoms in total. The van der Waals surface area contributed by atoms with Crippen molar-refractivity contribution in [3.8, 4) is 0 Å². The molecule has 0 aliphatic carbocycles. The predicted molar refractivity (Wildman–Crippen MR) is 108 cm³/mol. The molecule has 1 aliphatic heterocycles. The van der Waals surface area contributed by atoms with E-state index < -0.39 is 73.5 Å². The van der Waals surface area contributed by atoms with E-state index in [2.05, 4.69) is 0 Å². The third kappa shape index (κ3) is 6.60.